The van der Waals surface area contributed by atoms with Crippen molar-refractivity contribution >= 4 is 17.7 Å². The number of piperidine rings is 1. The van der Waals surface area contributed by atoms with Crippen LogP contribution in [0.1, 0.15) is 19.8 Å². The predicted octanol–water partition coefficient (Wildman–Crippen LogP) is 3.68. The summed E-state index contributed by atoms with van der Waals surface area (Å²) in [6, 6.07) is 13.8. The lowest BCUT2D eigenvalue weighted by Crippen LogP contribution is -2.40. The Hall–Kier alpha value is -2.67. The van der Waals surface area contributed by atoms with Gasteiger partial charge in [0, 0.05) is 36.7 Å². The minimum atomic E-state index is 0.171. The first-order valence-corrected chi connectivity index (χ1v) is 10.5. The number of hydrogen-bond donors (Lipinski definition) is 0. The third-order valence-electron chi connectivity index (χ3n) is 4.92. The molecule has 1 amide bonds. The molecule has 0 bridgehead atoms. The molecule has 144 valence electrons. The second kappa shape index (κ2) is 8.56. The molecule has 2 aromatic heterocycles. The van der Waals surface area contributed by atoms with E-state index in [0.717, 1.165) is 41.7 Å². The standard InChI is InChI=1S/C21H23N5OS/c1-16-6-5-13-25(14-16)19(27)15-28-21-24-23-20(17-9-11-22-12-10-17)26(21)18-7-3-2-4-8-18/h2-4,7-12,16H,5-6,13-15H2,1H3/t16-/m1/s1. The van der Waals surface area contributed by atoms with Gasteiger partial charge < -0.3 is 4.90 Å². The Morgan fingerprint density at radius 2 is 1.93 bits per heavy atom. The van der Waals surface area contributed by atoms with Crippen molar-refractivity contribution in [2.45, 2.75) is 24.9 Å². The SMILES string of the molecule is C[C@@H]1CCCN(C(=O)CSc2nnc(-c3ccncc3)n2-c2ccccc2)C1. The molecule has 0 spiro atoms. The summed E-state index contributed by atoms with van der Waals surface area (Å²) >= 11 is 1.44. The lowest BCUT2D eigenvalue weighted by molar-refractivity contribution is -0.130. The number of hydrogen-bond acceptors (Lipinski definition) is 5. The van der Waals surface area contributed by atoms with Gasteiger partial charge in [0.2, 0.25) is 5.91 Å². The first-order chi connectivity index (χ1) is 13.7. The Labute approximate surface area is 169 Å². The highest BCUT2D eigenvalue weighted by Gasteiger charge is 2.22. The van der Waals surface area contributed by atoms with Gasteiger partial charge in [-0.15, -0.1) is 10.2 Å². The number of para-hydroxylation sites is 1. The van der Waals surface area contributed by atoms with E-state index >= 15 is 0 Å². The molecule has 1 atom stereocenters. The minimum absolute atomic E-state index is 0.171. The fourth-order valence-electron chi connectivity index (χ4n) is 3.49. The van der Waals surface area contributed by atoms with Gasteiger partial charge in [-0.2, -0.15) is 0 Å². The second-order valence-electron chi connectivity index (χ2n) is 7.09. The monoisotopic (exact) mass is 393 g/mol. The number of nitrogens with zero attached hydrogens (tertiary/aromatic N) is 5. The molecular formula is C21H23N5OS. The van der Waals surface area contributed by atoms with Crippen LogP contribution in [0.3, 0.4) is 0 Å². The molecule has 3 aromatic rings. The fourth-order valence-corrected chi connectivity index (χ4v) is 4.35. The summed E-state index contributed by atoms with van der Waals surface area (Å²) in [5.74, 6) is 1.86. The van der Waals surface area contributed by atoms with E-state index in [0.29, 0.717) is 11.7 Å². The number of thioether (sulfide) groups is 1. The molecule has 0 N–H and O–H groups in total. The Bertz CT molecular complexity index is 928. The highest BCUT2D eigenvalue weighted by molar-refractivity contribution is 7.99. The maximum Gasteiger partial charge on any atom is 0.233 e. The molecule has 0 radical (unpaired) electrons. The van der Waals surface area contributed by atoms with Crippen LogP contribution in [0.5, 0.6) is 0 Å². The van der Waals surface area contributed by atoms with Crippen LogP contribution in [-0.4, -0.2) is 49.4 Å². The Morgan fingerprint density at radius 3 is 2.68 bits per heavy atom. The number of amides is 1. The highest BCUT2D eigenvalue weighted by atomic mass is 32.2. The average molecular weight is 394 g/mol. The fraction of sp³-hybridized carbons (Fsp3) is 0.333. The van der Waals surface area contributed by atoms with E-state index in [4.69, 9.17) is 0 Å². The highest BCUT2D eigenvalue weighted by Crippen LogP contribution is 2.28. The summed E-state index contributed by atoms with van der Waals surface area (Å²) in [6.07, 6.45) is 5.78. The molecule has 3 heterocycles. The van der Waals surface area contributed by atoms with Crippen LogP contribution >= 0.6 is 11.8 Å². The number of pyridine rings is 1. The van der Waals surface area contributed by atoms with Crippen molar-refractivity contribution in [2.75, 3.05) is 18.8 Å². The molecule has 28 heavy (non-hydrogen) atoms. The summed E-state index contributed by atoms with van der Waals surface area (Å²) in [5.41, 5.74) is 1.91. The van der Waals surface area contributed by atoms with Crippen molar-refractivity contribution < 1.29 is 4.79 Å². The normalized spacial score (nSPS) is 16.9. The number of carbonyl (C=O) groups excluding carboxylic acids is 1. The summed E-state index contributed by atoms with van der Waals surface area (Å²) in [6.45, 7) is 3.92. The van der Waals surface area contributed by atoms with Crippen molar-refractivity contribution in [3.05, 3.63) is 54.9 Å². The van der Waals surface area contributed by atoms with Gasteiger partial charge in [-0.1, -0.05) is 36.9 Å². The molecular weight excluding hydrogens is 370 g/mol. The maximum atomic E-state index is 12.7. The molecule has 0 saturated carbocycles. The van der Waals surface area contributed by atoms with Crippen LogP contribution in [0.2, 0.25) is 0 Å². The zero-order chi connectivity index (χ0) is 19.3. The van der Waals surface area contributed by atoms with E-state index < -0.39 is 0 Å². The molecule has 1 saturated heterocycles. The smallest absolute Gasteiger partial charge is 0.233 e. The molecule has 0 unspecified atom stereocenters. The van der Waals surface area contributed by atoms with Crippen molar-refractivity contribution in [2.24, 2.45) is 5.92 Å². The molecule has 1 fully saturated rings. The summed E-state index contributed by atoms with van der Waals surface area (Å²) in [4.78, 5) is 18.7. The Balaban J connectivity index is 1.59. The van der Waals surface area contributed by atoms with E-state index in [1.54, 1.807) is 12.4 Å². The first kappa shape index (κ1) is 18.7. The molecule has 0 aliphatic carbocycles. The topological polar surface area (TPSA) is 63.9 Å². The van der Waals surface area contributed by atoms with Gasteiger partial charge >= 0.3 is 0 Å². The predicted molar refractivity (Wildman–Crippen MR) is 110 cm³/mol. The van der Waals surface area contributed by atoms with Crippen LogP contribution < -0.4 is 0 Å². The van der Waals surface area contributed by atoms with Gasteiger partial charge in [0.25, 0.3) is 0 Å². The molecule has 4 rings (SSSR count). The van der Waals surface area contributed by atoms with E-state index in [2.05, 4.69) is 22.1 Å². The third kappa shape index (κ3) is 4.09. The molecule has 6 nitrogen and oxygen atoms in total. The molecule has 1 aromatic carbocycles. The van der Waals surface area contributed by atoms with E-state index in [-0.39, 0.29) is 5.91 Å². The summed E-state index contributed by atoms with van der Waals surface area (Å²) < 4.78 is 2.01. The second-order valence-corrected chi connectivity index (χ2v) is 8.03. The van der Waals surface area contributed by atoms with Crippen LogP contribution in [0.25, 0.3) is 17.1 Å². The van der Waals surface area contributed by atoms with Crippen LogP contribution in [-0.2, 0) is 4.79 Å². The third-order valence-corrected chi connectivity index (χ3v) is 5.83. The zero-order valence-corrected chi connectivity index (χ0v) is 16.7. The van der Waals surface area contributed by atoms with Crippen LogP contribution in [0.15, 0.2) is 60.0 Å². The van der Waals surface area contributed by atoms with E-state index in [9.17, 15) is 4.79 Å². The van der Waals surface area contributed by atoms with Gasteiger partial charge in [-0.25, -0.2) is 0 Å². The summed E-state index contributed by atoms with van der Waals surface area (Å²) in [7, 11) is 0. The maximum absolute atomic E-state index is 12.7. The van der Waals surface area contributed by atoms with Gasteiger partial charge in [-0.05, 0) is 43.0 Å². The van der Waals surface area contributed by atoms with Crippen molar-refractivity contribution in [1.29, 1.82) is 0 Å². The lowest BCUT2D eigenvalue weighted by Gasteiger charge is -2.30. The Kier molecular flexibility index (Phi) is 5.71. The number of benzene rings is 1. The number of carbonyl (C=O) groups is 1. The van der Waals surface area contributed by atoms with Crippen LogP contribution in [0.4, 0.5) is 0 Å². The number of aromatic nitrogens is 4. The molecule has 7 heteroatoms. The summed E-state index contributed by atoms with van der Waals surface area (Å²) in [5, 5.41) is 9.51. The number of likely N-dealkylation sites (tertiary alicyclic amines) is 1. The van der Waals surface area contributed by atoms with Gasteiger partial charge in [0.05, 0.1) is 5.75 Å². The average Bonchev–Trinajstić information content (AvgIpc) is 3.17. The zero-order valence-electron chi connectivity index (χ0n) is 15.9. The van der Waals surface area contributed by atoms with Gasteiger partial charge in [0.1, 0.15) is 0 Å². The van der Waals surface area contributed by atoms with E-state index in [1.165, 1.54) is 18.2 Å². The van der Waals surface area contributed by atoms with Crippen LogP contribution in [0, 0.1) is 5.92 Å². The van der Waals surface area contributed by atoms with Crippen molar-refractivity contribution in [3.8, 4) is 17.1 Å². The minimum Gasteiger partial charge on any atom is -0.342 e. The number of rotatable bonds is 5. The van der Waals surface area contributed by atoms with Crippen molar-refractivity contribution in [3.63, 3.8) is 0 Å². The Morgan fingerprint density at radius 1 is 1.14 bits per heavy atom. The molecule has 1 aliphatic heterocycles. The lowest BCUT2D eigenvalue weighted by atomic mass is 10.0. The first-order valence-electron chi connectivity index (χ1n) is 9.54. The quantitative estimate of drug-likeness (QED) is 0.619. The molecule has 1 aliphatic rings. The van der Waals surface area contributed by atoms with E-state index in [1.807, 2.05) is 51.9 Å². The largest absolute Gasteiger partial charge is 0.342 e. The van der Waals surface area contributed by atoms with Crippen molar-refractivity contribution in [1.82, 2.24) is 24.6 Å². The van der Waals surface area contributed by atoms with Gasteiger partial charge in [0.15, 0.2) is 11.0 Å². The van der Waals surface area contributed by atoms with Gasteiger partial charge in [-0.3, -0.25) is 14.3 Å².